The molecule has 0 atom stereocenters. The van der Waals surface area contributed by atoms with Crippen LogP contribution in [0, 0.1) is 5.41 Å². The van der Waals surface area contributed by atoms with Gasteiger partial charge in [-0.15, -0.1) is 0 Å². The molecular weight excluding hydrogens is 464 g/mol. The Bertz CT molecular complexity index is 1010. The van der Waals surface area contributed by atoms with Crippen LogP contribution in [0.25, 0.3) is 0 Å². The van der Waals surface area contributed by atoms with Gasteiger partial charge < -0.3 is 14.4 Å². The molecule has 196 valence electrons. The minimum atomic E-state index is -3.17. The normalized spacial score (nSPS) is 21.6. The first-order valence-corrected chi connectivity index (χ1v) is 14.6. The molecule has 3 aliphatic rings. The molecule has 35 heavy (non-hydrogen) atoms. The number of fused-ring (bicyclic) bond motifs is 1. The highest BCUT2D eigenvalue weighted by atomic mass is 32.2. The molecule has 1 amide bonds. The number of aryl methyl sites for hydroxylation is 1. The number of nitrogens with zero attached hydrogens (tertiary/aromatic N) is 2. The Hall–Kier alpha value is -1.80. The third kappa shape index (κ3) is 5.96. The molecule has 0 saturated carbocycles. The van der Waals surface area contributed by atoms with E-state index in [1.54, 1.807) is 18.2 Å². The molecule has 0 N–H and O–H groups in total. The number of amides is 1. The first-order chi connectivity index (χ1) is 16.4. The van der Waals surface area contributed by atoms with E-state index in [2.05, 4.69) is 39.0 Å². The third-order valence-electron chi connectivity index (χ3n) is 7.70. The summed E-state index contributed by atoms with van der Waals surface area (Å²) in [7, 11) is -3.17. The molecule has 4 rings (SSSR count). The molecule has 0 unspecified atom stereocenters. The second-order valence-corrected chi connectivity index (χ2v) is 14.5. The standard InChI is InChI=1S/C27H42N2O5S/c1-20(2)35(31,32)29-14-9-21(10-15-29)22-6-7-24-23(18-22)8-11-27(34-24)12-16-28(17-13-27)25(30)33-19-26(3,4)5/h6-7,18,20-21H,8-17,19H2,1-5H3. The summed E-state index contributed by atoms with van der Waals surface area (Å²) in [6.07, 6.45) is 5.07. The number of sulfonamides is 1. The fraction of sp³-hybridized carbons (Fsp3) is 0.741. The fourth-order valence-corrected chi connectivity index (χ4v) is 6.67. The molecule has 2 saturated heterocycles. The fourth-order valence-electron chi connectivity index (χ4n) is 5.36. The highest BCUT2D eigenvalue weighted by Gasteiger charge is 2.41. The van der Waals surface area contributed by atoms with Gasteiger partial charge in [0.1, 0.15) is 11.4 Å². The number of hydrogen-bond acceptors (Lipinski definition) is 5. The Labute approximate surface area is 211 Å². The highest BCUT2D eigenvalue weighted by Crippen LogP contribution is 2.41. The monoisotopic (exact) mass is 506 g/mol. The lowest BCUT2D eigenvalue weighted by molar-refractivity contribution is -0.0172. The molecule has 3 heterocycles. The summed E-state index contributed by atoms with van der Waals surface area (Å²) < 4.78 is 38.7. The van der Waals surface area contributed by atoms with E-state index in [-0.39, 0.29) is 22.4 Å². The van der Waals surface area contributed by atoms with Gasteiger partial charge in [0.05, 0.1) is 11.9 Å². The van der Waals surface area contributed by atoms with Gasteiger partial charge >= 0.3 is 6.09 Å². The maximum absolute atomic E-state index is 12.5. The van der Waals surface area contributed by atoms with E-state index in [1.165, 1.54) is 11.1 Å². The Morgan fingerprint density at radius 1 is 1.11 bits per heavy atom. The molecule has 1 spiro atoms. The van der Waals surface area contributed by atoms with Crippen LogP contribution in [-0.4, -0.2) is 67.4 Å². The molecule has 7 nitrogen and oxygen atoms in total. The Morgan fingerprint density at radius 3 is 2.37 bits per heavy atom. The maximum Gasteiger partial charge on any atom is 0.409 e. The van der Waals surface area contributed by atoms with Gasteiger partial charge in [-0.05, 0) is 68.1 Å². The van der Waals surface area contributed by atoms with E-state index in [9.17, 15) is 13.2 Å². The van der Waals surface area contributed by atoms with Crippen molar-refractivity contribution in [2.75, 3.05) is 32.8 Å². The predicted octanol–water partition coefficient (Wildman–Crippen LogP) is 4.95. The van der Waals surface area contributed by atoms with Gasteiger partial charge in [0, 0.05) is 39.0 Å². The first-order valence-electron chi connectivity index (χ1n) is 13.1. The van der Waals surface area contributed by atoms with Crippen LogP contribution < -0.4 is 4.74 Å². The smallest absolute Gasteiger partial charge is 0.409 e. The molecule has 2 fully saturated rings. The first kappa shape index (κ1) is 26.3. The van der Waals surface area contributed by atoms with E-state index in [0.29, 0.717) is 38.7 Å². The van der Waals surface area contributed by atoms with Gasteiger partial charge in [-0.1, -0.05) is 32.9 Å². The maximum atomic E-state index is 12.5. The van der Waals surface area contributed by atoms with Crippen molar-refractivity contribution in [1.82, 2.24) is 9.21 Å². The highest BCUT2D eigenvalue weighted by molar-refractivity contribution is 7.89. The zero-order valence-corrected chi connectivity index (χ0v) is 22.8. The quantitative estimate of drug-likeness (QED) is 0.578. The lowest BCUT2D eigenvalue weighted by atomic mass is 9.82. The van der Waals surface area contributed by atoms with Gasteiger partial charge in [-0.2, -0.15) is 0 Å². The number of likely N-dealkylation sites (tertiary alicyclic amines) is 1. The van der Waals surface area contributed by atoms with Gasteiger partial charge in [0.25, 0.3) is 0 Å². The largest absolute Gasteiger partial charge is 0.487 e. The van der Waals surface area contributed by atoms with Crippen molar-refractivity contribution in [2.45, 2.75) is 89.9 Å². The van der Waals surface area contributed by atoms with Crippen molar-refractivity contribution >= 4 is 16.1 Å². The Balaban J connectivity index is 1.33. The summed E-state index contributed by atoms with van der Waals surface area (Å²) in [5.74, 6) is 1.35. The average Bonchev–Trinajstić information content (AvgIpc) is 2.82. The van der Waals surface area contributed by atoms with Crippen molar-refractivity contribution < 1.29 is 22.7 Å². The van der Waals surface area contributed by atoms with Gasteiger partial charge in [0.15, 0.2) is 0 Å². The van der Waals surface area contributed by atoms with Crippen LogP contribution in [-0.2, 0) is 21.2 Å². The van der Waals surface area contributed by atoms with Crippen LogP contribution in [0.2, 0.25) is 0 Å². The molecule has 0 aliphatic carbocycles. The summed E-state index contributed by atoms with van der Waals surface area (Å²) in [4.78, 5) is 14.2. The van der Waals surface area contributed by atoms with Crippen LogP contribution in [0.4, 0.5) is 4.79 Å². The molecule has 3 aliphatic heterocycles. The van der Waals surface area contributed by atoms with E-state index < -0.39 is 10.0 Å². The summed E-state index contributed by atoms with van der Waals surface area (Å²) in [6.45, 7) is 12.6. The minimum Gasteiger partial charge on any atom is -0.487 e. The number of carbonyl (C=O) groups is 1. The van der Waals surface area contributed by atoms with Crippen LogP contribution in [0.3, 0.4) is 0 Å². The summed E-state index contributed by atoms with van der Waals surface area (Å²) in [6, 6.07) is 6.54. The lowest BCUT2D eigenvalue weighted by Gasteiger charge is -2.44. The van der Waals surface area contributed by atoms with E-state index in [4.69, 9.17) is 9.47 Å². The van der Waals surface area contributed by atoms with Crippen LogP contribution >= 0.6 is 0 Å². The second kappa shape index (κ2) is 9.92. The number of ether oxygens (including phenoxy) is 2. The second-order valence-electron chi connectivity index (χ2n) is 12.0. The van der Waals surface area contributed by atoms with Crippen molar-refractivity contribution in [3.8, 4) is 5.75 Å². The minimum absolute atomic E-state index is 0.0372. The molecular formula is C27H42N2O5S. The average molecular weight is 507 g/mol. The summed E-state index contributed by atoms with van der Waals surface area (Å²) in [5.41, 5.74) is 2.30. The number of benzene rings is 1. The summed E-state index contributed by atoms with van der Waals surface area (Å²) in [5, 5.41) is -0.367. The molecule has 0 radical (unpaired) electrons. The van der Waals surface area contributed by atoms with Crippen molar-refractivity contribution in [3.05, 3.63) is 29.3 Å². The number of carbonyl (C=O) groups excluding carboxylic acids is 1. The van der Waals surface area contributed by atoms with E-state index >= 15 is 0 Å². The topological polar surface area (TPSA) is 76.2 Å². The number of hydrogen-bond donors (Lipinski definition) is 0. The van der Waals surface area contributed by atoms with E-state index in [0.717, 1.165) is 44.3 Å². The Kier molecular flexibility index (Phi) is 7.45. The van der Waals surface area contributed by atoms with Gasteiger partial charge in [-0.3, -0.25) is 0 Å². The van der Waals surface area contributed by atoms with E-state index in [1.807, 2.05) is 4.90 Å². The molecule has 0 aromatic heterocycles. The van der Waals surface area contributed by atoms with Crippen molar-refractivity contribution in [2.24, 2.45) is 5.41 Å². The van der Waals surface area contributed by atoms with Crippen LogP contribution in [0.15, 0.2) is 18.2 Å². The molecule has 1 aromatic rings. The molecule has 1 aromatic carbocycles. The zero-order valence-electron chi connectivity index (χ0n) is 22.0. The van der Waals surface area contributed by atoms with Crippen molar-refractivity contribution in [3.63, 3.8) is 0 Å². The van der Waals surface area contributed by atoms with Crippen molar-refractivity contribution in [1.29, 1.82) is 0 Å². The number of rotatable bonds is 4. The SMILES string of the molecule is CC(C)S(=O)(=O)N1CCC(c2ccc3c(c2)CCC2(CCN(C(=O)OCC(C)(C)C)CC2)O3)CC1. The predicted molar refractivity (Wildman–Crippen MR) is 137 cm³/mol. The van der Waals surface area contributed by atoms with Gasteiger partial charge in [-0.25, -0.2) is 17.5 Å². The Morgan fingerprint density at radius 2 is 1.77 bits per heavy atom. The third-order valence-corrected chi connectivity index (χ3v) is 9.98. The molecule has 8 heteroatoms. The summed E-state index contributed by atoms with van der Waals surface area (Å²) >= 11 is 0. The lowest BCUT2D eigenvalue weighted by Crippen LogP contribution is -2.51. The van der Waals surface area contributed by atoms with Gasteiger partial charge in [0.2, 0.25) is 10.0 Å². The van der Waals surface area contributed by atoms with Crippen LogP contribution in [0.1, 0.15) is 83.8 Å². The van der Waals surface area contributed by atoms with Crippen LogP contribution in [0.5, 0.6) is 5.75 Å². The number of piperidine rings is 2. The zero-order chi connectivity index (χ0) is 25.4. The molecule has 0 bridgehead atoms.